The van der Waals surface area contributed by atoms with Gasteiger partial charge in [0.2, 0.25) is 0 Å². The third-order valence-electron chi connectivity index (χ3n) is 4.40. The van der Waals surface area contributed by atoms with Crippen molar-refractivity contribution in [2.45, 2.75) is 38.9 Å². The lowest BCUT2D eigenvalue weighted by atomic mass is 9.75. The number of esters is 1. The lowest BCUT2D eigenvalue weighted by Gasteiger charge is -2.32. The van der Waals surface area contributed by atoms with Crippen molar-refractivity contribution >= 4 is 24.6 Å². The second-order valence-electron chi connectivity index (χ2n) is 6.46. The molecule has 1 aromatic rings. The van der Waals surface area contributed by atoms with E-state index in [1.54, 1.807) is 31.6 Å². The van der Waals surface area contributed by atoms with Gasteiger partial charge in [0, 0.05) is 0 Å². The monoisotopic (exact) mass is 318 g/mol. The molecule has 1 saturated heterocycles. The second kappa shape index (κ2) is 6.38. The molecule has 1 aromatic carbocycles. The lowest BCUT2D eigenvalue weighted by Crippen LogP contribution is -2.41. The smallest absolute Gasteiger partial charge is 0.495 e. The van der Waals surface area contributed by atoms with Gasteiger partial charge >= 0.3 is 13.1 Å². The number of methoxy groups -OCH3 is 2. The van der Waals surface area contributed by atoms with Gasteiger partial charge in [-0.05, 0) is 56.9 Å². The summed E-state index contributed by atoms with van der Waals surface area (Å²) in [4.78, 5) is 11.8. The molecule has 124 valence electrons. The largest absolute Gasteiger partial charge is 0.504 e. The molecule has 1 heterocycles. The van der Waals surface area contributed by atoms with Crippen LogP contribution in [0.3, 0.4) is 0 Å². The summed E-state index contributed by atoms with van der Waals surface area (Å²) in [6, 6.07) is 5.27. The van der Waals surface area contributed by atoms with E-state index in [-0.39, 0.29) is 0 Å². The molecule has 0 unspecified atom stereocenters. The summed E-state index contributed by atoms with van der Waals surface area (Å²) in [5.41, 5.74) is 1.16. The van der Waals surface area contributed by atoms with Crippen molar-refractivity contribution in [3.63, 3.8) is 0 Å². The minimum Gasteiger partial charge on any atom is -0.504 e. The van der Waals surface area contributed by atoms with Crippen LogP contribution >= 0.6 is 0 Å². The normalized spacial score (nSPS) is 19.1. The second-order valence-corrected chi connectivity index (χ2v) is 6.46. The van der Waals surface area contributed by atoms with Gasteiger partial charge in [0.05, 0.1) is 37.2 Å². The summed E-state index contributed by atoms with van der Waals surface area (Å²) < 4.78 is 22.0. The van der Waals surface area contributed by atoms with Gasteiger partial charge in [-0.25, -0.2) is 4.79 Å². The first-order valence-electron chi connectivity index (χ1n) is 7.49. The van der Waals surface area contributed by atoms with Gasteiger partial charge in [-0.15, -0.1) is 0 Å². The van der Waals surface area contributed by atoms with Gasteiger partial charge in [0.25, 0.3) is 0 Å². The molecule has 0 aliphatic carbocycles. The van der Waals surface area contributed by atoms with Crippen molar-refractivity contribution in [2.75, 3.05) is 14.2 Å². The fourth-order valence-electron chi connectivity index (χ4n) is 2.29. The molecule has 0 amide bonds. The van der Waals surface area contributed by atoms with Crippen LogP contribution in [0.25, 0.3) is 6.08 Å². The molecule has 0 radical (unpaired) electrons. The van der Waals surface area contributed by atoms with Crippen molar-refractivity contribution in [1.29, 1.82) is 0 Å². The van der Waals surface area contributed by atoms with Crippen LogP contribution in [0.4, 0.5) is 0 Å². The average molecular weight is 318 g/mol. The Bertz CT molecular complexity index is 605. The lowest BCUT2D eigenvalue weighted by molar-refractivity contribution is 0.00578. The molecule has 2 rings (SSSR count). The zero-order chi connectivity index (χ0) is 17.3. The van der Waals surface area contributed by atoms with Crippen LogP contribution in [-0.2, 0) is 18.8 Å². The predicted molar refractivity (Wildman–Crippen MR) is 89.5 cm³/mol. The van der Waals surface area contributed by atoms with E-state index in [1.807, 2.05) is 33.8 Å². The molecule has 0 N–H and O–H groups in total. The van der Waals surface area contributed by atoms with E-state index < -0.39 is 24.3 Å². The molecule has 5 nitrogen and oxygen atoms in total. The number of ether oxygens (including phenoxy) is 2. The van der Waals surface area contributed by atoms with Crippen LogP contribution in [0.15, 0.2) is 24.5 Å². The quantitative estimate of drug-likeness (QED) is 0.485. The molecular weight excluding hydrogens is 295 g/mol. The van der Waals surface area contributed by atoms with E-state index in [9.17, 15) is 4.79 Å². The van der Waals surface area contributed by atoms with Crippen LogP contribution < -0.4 is 5.46 Å². The van der Waals surface area contributed by atoms with Crippen LogP contribution in [0.1, 0.15) is 43.6 Å². The molecule has 0 bridgehead atoms. The summed E-state index contributed by atoms with van der Waals surface area (Å²) in [5.74, 6) is -0.398. The highest BCUT2D eigenvalue weighted by Gasteiger charge is 2.52. The average Bonchev–Trinajstić information content (AvgIpc) is 2.72. The number of benzene rings is 1. The summed E-state index contributed by atoms with van der Waals surface area (Å²) in [5, 5.41) is 0. The number of carbonyl (C=O) groups is 1. The molecule has 1 fully saturated rings. The first-order chi connectivity index (χ1) is 10.7. The van der Waals surface area contributed by atoms with Gasteiger partial charge in [-0.1, -0.05) is 6.07 Å². The van der Waals surface area contributed by atoms with Gasteiger partial charge in [0.1, 0.15) is 0 Å². The van der Waals surface area contributed by atoms with Crippen molar-refractivity contribution in [3.05, 3.63) is 35.6 Å². The maximum Gasteiger partial charge on any atom is 0.495 e. The van der Waals surface area contributed by atoms with Gasteiger partial charge in [-0.3, -0.25) is 0 Å². The van der Waals surface area contributed by atoms with E-state index >= 15 is 0 Å². The van der Waals surface area contributed by atoms with Crippen molar-refractivity contribution < 1.29 is 23.6 Å². The molecule has 6 heteroatoms. The van der Waals surface area contributed by atoms with E-state index in [0.717, 1.165) is 11.0 Å². The highest BCUT2D eigenvalue weighted by molar-refractivity contribution is 6.63. The third kappa shape index (κ3) is 3.43. The Hall–Kier alpha value is -1.79. The Morgan fingerprint density at radius 1 is 1.13 bits per heavy atom. The van der Waals surface area contributed by atoms with Crippen LogP contribution in [-0.4, -0.2) is 38.5 Å². The summed E-state index contributed by atoms with van der Waals surface area (Å²) in [7, 11) is 2.37. The third-order valence-corrected chi connectivity index (χ3v) is 4.40. The first kappa shape index (κ1) is 17.6. The molecular formula is C17H23BO5. The number of carbonyl (C=O) groups excluding carboxylic acids is 1. The minimum atomic E-state index is -0.568. The van der Waals surface area contributed by atoms with E-state index in [4.69, 9.17) is 18.8 Å². The Labute approximate surface area is 137 Å². The maximum atomic E-state index is 11.8. The summed E-state index contributed by atoms with van der Waals surface area (Å²) >= 11 is 0. The number of hydrogen-bond acceptors (Lipinski definition) is 5. The number of hydrogen-bond donors (Lipinski definition) is 0. The Kier molecular flexibility index (Phi) is 4.87. The highest BCUT2D eigenvalue weighted by Crippen LogP contribution is 2.36. The van der Waals surface area contributed by atoms with Crippen molar-refractivity contribution in [2.24, 2.45) is 0 Å². The Balaban J connectivity index is 2.46. The molecule has 0 atom stereocenters. The zero-order valence-electron chi connectivity index (χ0n) is 14.5. The summed E-state index contributed by atoms with van der Waals surface area (Å²) in [6.07, 6.45) is 3.38. The molecule has 23 heavy (non-hydrogen) atoms. The predicted octanol–water partition coefficient (Wildman–Crippen LogP) is 2.39. The van der Waals surface area contributed by atoms with Crippen LogP contribution in [0.2, 0.25) is 0 Å². The van der Waals surface area contributed by atoms with E-state index in [2.05, 4.69) is 0 Å². The van der Waals surface area contributed by atoms with Gasteiger partial charge in [-0.2, -0.15) is 0 Å². The standard InChI is InChI=1S/C17H23BO5/c1-16(2)17(3,4)23-18(22-16)14-11-13(15(19)21-6)8-7-12(14)9-10-20-5/h7-11H,1-6H3/b10-9+. The number of rotatable bonds is 4. The van der Waals surface area contributed by atoms with Crippen molar-refractivity contribution in [3.8, 4) is 0 Å². The van der Waals surface area contributed by atoms with Crippen LogP contribution in [0.5, 0.6) is 0 Å². The van der Waals surface area contributed by atoms with Gasteiger partial charge < -0.3 is 18.8 Å². The SMILES string of the molecule is CO/C=C/c1ccc(C(=O)OC)cc1B1OC(C)(C)C(C)(C)O1. The Morgan fingerprint density at radius 2 is 1.74 bits per heavy atom. The molecule has 0 saturated carbocycles. The topological polar surface area (TPSA) is 54.0 Å². The first-order valence-corrected chi connectivity index (χ1v) is 7.49. The molecule has 0 spiro atoms. The minimum absolute atomic E-state index is 0.398. The zero-order valence-corrected chi connectivity index (χ0v) is 14.5. The molecule has 1 aliphatic rings. The Morgan fingerprint density at radius 3 is 2.26 bits per heavy atom. The van der Waals surface area contributed by atoms with E-state index in [0.29, 0.717) is 5.56 Å². The fraction of sp³-hybridized carbons (Fsp3) is 0.471. The molecule has 1 aliphatic heterocycles. The molecule has 0 aromatic heterocycles. The highest BCUT2D eigenvalue weighted by atomic mass is 16.7. The van der Waals surface area contributed by atoms with E-state index in [1.165, 1.54) is 7.11 Å². The summed E-state index contributed by atoms with van der Waals surface area (Å²) in [6.45, 7) is 7.95. The maximum absolute atomic E-state index is 11.8. The van der Waals surface area contributed by atoms with Gasteiger partial charge in [0.15, 0.2) is 0 Å². The van der Waals surface area contributed by atoms with Crippen molar-refractivity contribution in [1.82, 2.24) is 0 Å². The fourth-order valence-corrected chi connectivity index (χ4v) is 2.29. The van der Waals surface area contributed by atoms with Crippen LogP contribution in [0, 0.1) is 0 Å².